The van der Waals surface area contributed by atoms with Crippen LogP contribution in [-0.4, -0.2) is 56.2 Å². The van der Waals surface area contributed by atoms with E-state index in [1.54, 1.807) is 51.1 Å². The Labute approximate surface area is 247 Å². The lowest BCUT2D eigenvalue weighted by atomic mass is 9.88. The molecule has 43 heavy (non-hydrogen) atoms. The van der Waals surface area contributed by atoms with Crippen molar-refractivity contribution in [2.45, 2.75) is 49.4 Å². The van der Waals surface area contributed by atoms with E-state index >= 15 is 0 Å². The fraction of sp³-hybridized carbons (Fsp3) is 0.379. The van der Waals surface area contributed by atoms with Crippen molar-refractivity contribution in [2.24, 2.45) is 0 Å². The molecule has 1 aliphatic rings. The molecule has 3 atom stereocenters. The highest BCUT2D eigenvalue weighted by molar-refractivity contribution is 7.84. The van der Waals surface area contributed by atoms with Crippen LogP contribution in [0.25, 0.3) is 11.3 Å². The molecule has 4 rings (SSSR count). The average molecular weight is 626 g/mol. The molecule has 2 heterocycles. The lowest BCUT2D eigenvalue weighted by molar-refractivity contribution is -0.265. The molecule has 9 nitrogen and oxygen atoms in total. The number of rotatable bonds is 9. The van der Waals surface area contributed by atoms with Crippen molar-refractivity contribution in [1.29, 1.82) is 0 Å². The van der Waals surface area contributed by atoms with Crippen LogP contribution in [0.5, 0.6) is 5.75 Å². The number of amides is 1. The number of aromatic nitrogens is 1. The molecule has 0 saturated heterocycles. The van der Waals surface area contributed by atoms with Gasteiger partial charge in [0.05, 0.1) is 34.6 Å². The number of carbonyl (C=O) groups excluding carboxylic acids is 1. The SMILES string of the molecule is CC(C)(C)S(=O)NC1(CO)COc2c1cc(C(O)(CNC(=O)OCc1ccccc1)C(F)(F)F)nc2-c1ccc(F)cc1. The maximum atomic E-state index is 14.6. The molecule has 1 amide bonds. The summed E-state index contributed by atoms with van der Waals surface area (Å²) in [4.78, 5) is 16.4. The molecule has 3 unspecified atom stereocenters. The number of aliphatic hydroxyl groups is 2. The Morgan fingerprint density at radius 1 is 1.12 bits per heavy atom. The van der Waals surface area contributed by atoms with Crippen LogP contribution < -0.4 is 14.8 Å². The number of benzene rings is 2. The average Bonchev–Trinajstić information content (AvgIpc) is 3.32. The van der Waals surface area contributed by atoms with Crippen molar-refractivity contribution in [1.82, 2.24) is 15.0 Å². The highest BCUT2D eigenvalue weighted by atomic mass is 32.2. The number of ether oxygens (including phenoxy) is 2. The molecule has 1 aliphatic heterocycles. The Bertz CT molecular complexity index is 1480. The van der Waals surface area contributed by atoms with Gasteiger partial charge in [-0.2, -0.15) is 13.2 Å². The first-order chi connectivity index (χ1) is 20.1. The summed E-state index contributed by atoms with van der Waals surface area (Å²) in [6.07, 6.45) is -6.59. The fourth-order valence-electron chi connectivity index (χ4n) is 4.21. The predicted molar refractivity (Wildman–Crippen MR) is 150 cm³/mol. The molecule has 0 fully saturated rings. The molecule has 0 saturated carbocycles. The van der Waals surface area contributed by atoms with Gasteiger partial charge >= 0.3 is 12.3 Å². The lowest BCUT2D eigenvalue weighted by Gasteiger charge is -2.33. The summed E-state index contributed by atoms with van der Waals surface area (Å²) < 4.78 is 83.3. The summed E-state index contributed by atoms with van der Waals surface area (Å²) in [6, 6.07) is 14.0. The normalized spacial score (nSPS) is 18.7. The van der Waals surface area contributed by atoms with Crippen molar-refractivity contribution in [3.05, 3.63) is 83.3 Å². The second-order valence-corrected chi connectivity index (χ2v) is 13.0. The van der Waals surface area contributed by atoms with E-state index in [9.17, 15) is 36.8 Å². The number of nitrogens with one attached hydrogen (secondary N) is 2. The van der Waals surface area contributed by atoms with Crippen LogP contribution in [-0.2, 0) is 33.5 Å². The van der Waals surface area contributed by atoms with Crippen LogP contribution in [0.4, 0.5) is 22.4 Å². The van der Waals surface area contributed by atoms with Gasteiger partial charge in [0.2, 0.25) is 5.60 Å². The molecule has 0 spiro atoms. The molecule has 0 aliphatic carbocycles. The predicted octanol–water partition coefficient (Wildman–Crippen LogP) is 4.20. The number of hydrogen-bond acceptors (Lipinski definition) is 7. The summed E-state index contributed by atoms with van der Waals surface area (Å²) >= 11 is 0. The standard InChI is InChI=1S/C29H31F4N3O6S/c1-26(2,3)43(40)36-27(16-37)17-42-24-21(27)13-22(35-23(24)19-9-11-20(30)12-10-19)28(39,29(31,32)33)15-34-25(38)41-14-18-7-5-4-6-8-18/h4-13,36-37,39H,14-17H2,1-3H3,(H,34,38). The number of carbonyl (C=O) groups is 1. The van der Waals surface area contributed by atoms with Gasteiger partial charge in [0.15, 0.2) is 5.75 Å². The van der Waals surface area contributed by atoms with Crippen LogP contribution in [0.15, 0.2) is 60.7 Å². The largest absolute Gasteiger partial charge is 0.489 e. The first kappa shape index (κ1) is 32.3. The smallest absolute Gasteiger partial charge is 0.424 e. The van der Waals surface area contributed by atoms with E-state index in [0.717, 1.165) is 18.2 Å². The van der Waals surface area contributed by atoms with E-state index in [1.165, 1.54) is 12.1 Å². The van der Waals surface area contributed by atoms with Gasteiger partial charge in [-0.25, -0.2) is 23.1 Å². The highest BCUT2D eigenvalue weighted by Crippen LogP contribution is 2.47. The monoisotopic (exact) mass is 625 g/mol. The van der Waals surface area contributed by atoms with Gasteiger partial charge in [0, 0.05) is 11.1 Å². The minimum atomic E-state index is -5.37. The second kappa shape index (κ2) is 12.2. The van der Waals surface area contributed by atoms with Gasteiger partial charge in [-0.3, -0.25) is 0 Å². The van der Waals surface area contributed by atoms with Gasteiger partial charge in [-0.15, -0.1) is 0 Å². The van der Waals surface area contributed by atoms with E-state index in [0.29, 0.717) is 5.56 Å². The Morgan fingerprint density at radius 3 is 2.35 bits per heavy atom. The third-order valence-corrected chi connectivity index (χ3v) is 8.47. The maximum absolute atomic E-state index is 14.6. The van der Waals surface area contributed by atoms with Crippen LogP contribution >= 0.6 is 0 Å². The molecular formula is C29H31F4N3O6S. The van der Waals surface area contributed by atoms with Crippen molar-refractivity contribution in [3.8, 4) is 17.0 Å². The van der Waals surface area contributed by atoms with E-state index in [2.05, 4.69) is 9.71 Å². The molecule has 3 aromatic rings. The molecule has 232 valence electrons. The molecule has 2 aromatic carbocycles. The van der Waals surface area contributed by atoms with Gasteiger partial charge in [0.25, 0.3) is 0 Å². The number of nitrogens with zero attached hydrogens (tertiary/aromatic N) is 1. The van der Waals surface area contributed by atoms with Crippen LogP contribution in [0.1, 0.15) is 37.6 Å². The van der Waals surface area contributed by atoms with Crippen molar-refractivity contribution in [2.75, 3.05) is 19.8 Å². The number of halogens is 4. The summed E-state index contributed by atoms with van der Waals surface area (Å²) in [7, 11) is -1.82. The van der Waals surface area contributed by atoms with E-state index in [4.69, 9.17) is 9.47 Å². The zero-order valence-electron chi connectivity index (χ0n) is 23.5. The summed E-state index contributed by atoms with van der Waals surface area (Å²) in [5.74, 6) is -0.669. The number of fused-ring (bicyclic) bond motifs is 1. The summed E-state index contributed by atoms with van der Waals surface area (Å²) in [5.41, 5.74) is -5.89. The highest BCUT2D eigenvalue weighted by Gasteiger charge is 2.58. The molecular weight excluding hydrogens is 594 g/mol. The Hall–Kier alpha value is -3.59. The molecule has 1 aromatic heterocycles. The third kappa shape index (κ3) is 6.82. The fourth-order valence-corrected chi connectivity index (χ4v) is 5.11. The Balaban J connectivity index is 1.78. The number of alkyl halides is 3. The van der Waals surface area contributed by atoms with E-state index in [-0.39, 0.29) is 35.8 Å². The van der Waals surface area contributed by atoms with Gasteiger partial charge in [-0.1, -0.05) is 30.3 Å². The Kier molecular flexibility index (Phi) is 9.16. The van der Waals surface area contributed by atoms with E-state index in [1.807, 2.05) is 5.32 Å². The second-order valence-electron chi connectivity index (χ2n) is 11.0. The number of pyridine rings is 1. The molecule has 4 N–H and O–H groups in total. The summed E-state index contributed by atoms with van der Waals surface area (Å²) in [6.45, 7) is 2.28. The van der Waals surface area contributed by atoms with Gasteiger partial charge in [0.1, 0.15) is 30.3 Å². The number of aliphatic hydroxyl groups excluding tert-OH is 1. The zero-order chi connectivity index (χ0) is 31.6. The number of hydrogen-bond donors (Lipinski definition) is 4. The quantitative estimate of drug-likeness (QED) is 0.263. The number of alkyl carbamates (subject to hydrolysis) is 1. The van der Waals surface area contributed by atoms with Crippen LogP contribution in [0.3, 0.4) is 0 Å². The Morgan fingerprint density at radius 2 is 1.77 bits per heavy atom. The van der Waals surface area contributed by atoms with Crippen molar-refractivity contribution in [3.63, 3.8) is 0 Å². The minimum Gasteiger partial charge on any atom is -0.489 e. The van der Waals surface area contributed by atoms with Crippen LogP contribution in [0.2, 0.25) is 0 Å². The summed E-state index contributed by atoms with van der Waals surface area (Å²) in [5, 5.41) is 23.6. The lowest BCUT2D eigenvalue weighted by Crippen LogP contribution is -2.53. The van der Waals surface area contributed by atoms with Crippen LogP contribution in [0, 0.1) is 5.82 Å². The zero-order valence-corrected chi connectivity index (χ0v) is 24.3. The van der Waals surface area contributed by atoms with Gasteiger partial charge in [-0.05, 0) is 56.7 Å². The maximum Gasteiger partial charge on any atom is 0.424 e. The minimum absolute atomic E-state index is 0.0532. The van der Waals surface area contributed by atoms with Crippen molar-refractivity contribution >= 4 is 17.1 Å². The topological polar surface area (TPSA) is 130 Å². The van der Waals surface area contributed by atoms with Gasteiger partial charge < -0.3 is 25.0 Å². The first-order valence-electron chi connectivity index (χ1n) is 13.1. The van der Waals surface area contributed by atoms with E-state index < -0.39 is 63.8 Å². The first-order valence-corrected chi connectivity index (χ1v) is 14.2. The van der Waals surface area contributed by atoms with Crippen molar-refractivity contribution < 1.29 is 46.3 Å². The molecule has 14 heteroatoms. The third-order valence-electron chi connectivity index (χ3n) is 6.78. The molecule has 0 radical (unpaired) electrons. The molecule has 0 bridgehead atoms.